The molecule has 1 N–H and O–H groups in total. The Labute approximate surface area is 162 Å². The summed E-state index contributed by atoms with van der Waals surface area (Å²) >= 11 is 0.160. The molecule has 26 heavy (non-hydrogen) atoms. The summed E-state index contributed by atoms with van der Waals surface area (Å²) < 4.78 is 1.36. The van der Waals surface area contributed by atoms with Gasteiger partial charge in [-0.15, -0.1) is 0 Å². The molecule has 0 saturated carbocycles. The van der Waals surface area contributed by atoms with E-state index in [9.17, 15) is 5.11 Å². The van der Waals surface area contributed by atoms with Crippen LogP contribution in [0, 0.1) is 0 Å². The Morgan fingerprint density at radius 1 is 0.769 bits per heavy atom. The van der Waals surface area contributed by atoms with E-state index in [1.807, 2.05) is 60.7 Å². The molecule has 0 saturated heterocycles. The Morgan fingerprint density at radius 3 is 1.81 bits per heavy atom. The van der Waals surface area contributed by atoms with Crippen molar-refractivity contribution in [3.8, 4) is 0 Å². The van der Waals surface area contributed by atoms with E-state index in [1.165, 1.54) is 10.0 Å². The van der Waals surface area contributed by atoms with Crippen molar-refractivity contribution in [3.05, 3.63) is 102 Å². The zero-order chi connectivity index (χ0) is 18.4. The molecule has 2 nitrogen and oxygen atoms in total. The third kappa shape index (κ3) is 4.43. The van der Waals surface area contributed by atoms with Gasteiger partial charge < -0.3 is 0 Å². The van der Waals surface area contributed by atoms with Crippen LogP contribution < -0.4 is 4.46 Å². The summed E-state index contributed by atoms with van der Waals surface area (Å²) in [6, 6.07) is 28.7. The fourth-order valence-electron chi connectivity index (χ4n) is 3.06. The first-order valence-electron chi connectivity index (χ1n) is 8.78. The summed E-state index contributed by atoms with van der Waals surface area (Å²) in [6.45, 7) is 0.924. The van der Waals surface area contributed by atoms with Gasteiger partial charge >= 0.3 is 163 Å². The molecule has 0 amide bonds. The zero-order valence-corrected chi connectivity index (χ0v) is 17.0. The number of rotatable bonds is 7. The minimum atomic E-state index is -0.965. The van der Waals surface area contributed by atoms with E-state index in [4.69, 9.17) is 0 Å². The SMILES string of the molecule is CN(C)Cc1ccccc1[Se]CC(O)(c1ccccc1)c1ccccc1. The first kappa shape index (κ1) is 18.9. The number of aliphatic hydroxyl groups is 1. The molecule has 3 heteroatoms. The summed E-state index contributed by atoms with van der Waals surface area (Å²) in [6.07, 6.45) is 0. The molecular formula is C23H25NOSe. The number of nitrogens with zero attached hydrogens (tertiary/aromatic N) is 1. The van der Waals surface area contributed by atoms with Gasteiger partial charge in [0.25, 0.3) is 0 Å². The van der Waals surface area contributed by atoms with Gasteiger partial charge in [-0.3, -0.25) is 0 Å². The molecule has 0 unspecified atom stereocenters. The quantitative estimate of drug-likeness (QED) is 0.604. The molecule has 0 spiro atoms. The molecule has 0 aliphatic carbocycles. The van der Waals surface area contributed by atoms with Crippen LogP contribution >= 0.6 is 0 Å². The molecule has 0 heterocycles. The van der Waals surface area contributed by atoms with Crippen LogP contribution in [0.2, 0.25) is 5.32 Å². The van der Waals surface area contributed by atoms with Crippen molar-refractivity contribution in [1.82, 2.24) is 4.90 Å². The second-order valence-electron chi connectivity index (χ2n) is 6.73. The van der Waals surface area contributed by atoms with Crippen LogP contribution in [0.4, 0.5) is 0 Å². The van der Waals surface area contributed by atoms with E-state index >= 15 is 0 Å². The first-order valence-corrected chi connectivity index (χ1v) is 10.9. The minimum absolute atomic E-state index is 0.160. The normalized spacial score (nSPS) is 11.7. The predicted octanol–water partition coefficient (Wildman–Crippen LogP) is 3.43. The number of hydrogen-bond donors (Lipinski definition) is 1. The summed E-state index contributed by atoms with van der Waals surface area (Å²) in [5.41, 5.74) is 2.30. The van der Waals surface area contributed by atoms with Crippen molar-refractivity contribution in [2.45, 2.75) is 17.5 Å². The van der Waals surface area contributed by atoms with Crippen molar-refractivity contribution >= 4 is 19.4 Å². The topological polar surface area (TPSA) is 23.5 Å². The molecule has 3 aromatic rings. The van der Waals surface area contributed by atoms with Crippen molar-refractivity contribution in [1.29, 1.82) is 0 Å². The van der Waals surface area contributed by atoms with Crippen LogP contribution in [0.1, 0.15) is 16.7 Å². The van der Waals surface area contributed by atoms with Gasteiger partial charge in [0.15, 0.2) is 0 Å². The maximum atomic E-state index is 11.7. The van der Waals surface area contributed by atoms with Gasteiger partial charge in [-0.05, 0) is 0 Å². The summed E-state index contributed by atoms with van der Waals surface area (Å²) in [5.74, 6) is 0. The molecule has 0 aromatic heterocycles. The Kier molecular flexibility index (Phi) is 6.29. The molecule has 0 aliphatic rings. The molecule has 0 bridgehead atoms. The van der Waals surface area contributed by atoms with E-state index in [2.05, 4.69) is 43.3 Å². The van der Waals surface area contributed by atoms with Crippen molar-refractivity contribution < 1.29 is 5.11 Å². The van der Waals surface area contributed by atoms with Crippen LogP contribution in [-0.4, -0.2) is 39.1 Å². The Balaban J connectivity index is 1.91. The zero-order valence-electron chi connectivity index (χ0n) is 15.3. The molecule has 0 atom stereocenters. The molecule has 0 radical (unpaired) electrons. The average Bonchev–Trinajstić information content (AvgIpc) is 2.68. The van der Waals surface area contributed by atoms with Gasteiger partial charge in [0, 0.05) is 0 Å². The monoisotopic (exact) mass is 411 g/mol. The fraction of sp³-hybridized carbons (Fsp3) is 0.217. The molecule has 3 aromatic carbocycles. The van der Waals surface area contributed by atoms with Crippen LogP contribution in [0.5, 0.6) is 0 Å². The van der Waals surface area contributed by atoms with Crippen LogP contribution in [0.25, 0.3) is 0 Å². The molecule has 0 fully saturated rings. The molecule has 0 aliphatic heterocycles. The van der Waals surface area contributed by atoms with Crippen molar-refractivity contribution in [2.75, 3.05) is 14.1 Å². The van der Waals surface area contributed by atoms with Crippen LogP contribution in [0.3, 0.4) is 0 Å². The fourth-order valence-corrected chi connectivity index (χ4v) is 5.56. The van der Waals surface area contributed by atoms with Gasteiger partial charge in [0.1, 0.15) is 0 Å². The predicted molar refractivity (Wildman–Crippen MR) is 110 cm³/mol. The van der Waals surface area contributed by atoms with Crippen molar-refractivity contribution in [2.24, 2.45) is 0 Å². The van der Waals surface area contributed by atoms with Gasteiger partial charge in [-0.25, -0.2) is 0 Å². The van der Waals surface area contributed by atoms with Gasteiger partial charge in [-0.2, -0.15) is 0 Å². The third-order valence-electron chi connectivity index (χ3n) is 4.40. The van der Waals surface area contributed by atoms with E-state index in [0.717, 1.165) is 17.7 Å². The second kappa shape index (κ2) is 8.66. The first-order chi connectivity index (χ1) is 12.6. The van der Waals surface area contributed by atoms with E-state index in [1.54, 1.807) is 0 Å². The number of benzene rings is 3. The Bertz CT molecular complexity index is 778. The molecule has 134 valence electrons. The summed E-state index contributed by atoms with van der Waals surface area (Å²) in [5, 5.41) is 12.4. The Hall–Kier alpha value is -1.90. The van der Waals surface area contributed by atoms with Gasteiger partial charge in [0.2, 0.25) is 0 Å². The third-order valence-corrected chi connectivity index (χ3v) is 7.07. The maximum absolute atomic E-state index is 11.7. The van der Waals surface area contributed by atoms with E-state index in [-0.39, 0.29) is 15.0 Å². The number of hydrogen-bond acceptors (Lipinski definition) is 2. The standard InChI is InChI=1S/C23H25NOSe/c1-24(2)17-19-11-9-10-16-22(19)26-18-23(25,20-12-5-3-6-13-20)21-14-7-4-8-15-21/h3-16,25H,17-18H2,1-2H3. The van der Waals surface area contributed by atoms with E-state index < -0.39 is 5.60 Å². The van der Waals surface area contributed by atoms with Gasteiger partial charge in [-0.1, -0.05) is 0 Å². The van der Waals surface area contributed by atoms with Gasteiger partial charge in [0.05, 0.1) is 0 Å². The molecular weight excluding hydrogens is 385 g/mol. The summed E-state index contributed by atoms with van der Waals surface area (Å²) in [7, 11) is 4.18. The average molecular weight is 410 g/mol. The molecule has 3 rings (SSSR count). The van der Waals surface area contributed by atoms with Crippen molar-refractivity contribution in [3.63, 3.8) is 0 Å². The van der Waals surface area contributed by atoms with Crippen LogP contribution in [-0.2, 0) is 12.1 Å². The Morgan fingerprint density at radius 2 is 1.27 bits per heavy atom. The second-order valence-corrected chi connectivity index (χ2v) is 8.86. The summed E-state index contributed by atoms with van der Waals surface area (Å²) in [4.78, 5) is 2.19. The van der Waals surface area contributed by atoms with E-state index in [0.29, 0.717) is 5.32 Å². The van der Waals surface area contributed by atoms with Crippen LogP contribution in [0.15, 0.2) is 84.9 Å².